The fraction of sp³-hybridized carbons (Fsp3) is 0.500. The van der Waals surface area contributed by atoms with E-state index in [9.17, 15) is 14.4 Å². The molecule has 1 saturated carbocycles. The molecule has 3 aliphatic carbocycles. The van der Waals surface area contributed by atoms with Crippen molar-refractivity contribution in [1.82, 2.24) is 4.90 Å². The van der Waals surface area contributed by atoms with E-state index in [-0.39, 0.29) is 41.4 Å². The second-order valence-electron chi connectivity index (χ2n) is 8.12. The molecule has 2 fully saturated rings. The fourth-order valence-electron chi connectivity index (χ4n) is 5.06. The zero-order valence-corrected chi connectivity index (χ0v) is 16.1. The van der Waals surface area contributed by atoms with Crippen LogP contribution in [-0.2, 0) is 14.4 Å². The molecule has 3 amide bonds. The lowest BCUT2D eigenvalue weighted by Crippen LogP contribution is -2.47. The summed E-state index contributed by atoms with van der Waals surface area (Å²) < 4.78 is 0. The summed E-state index contributed by atoms with van der Waals surface area (Å²) in [7, 11) is 0. The van der Waals surface area contributed by atoms with Gasteiger partial charge in [0.25, 0.3) is 0 Å². The van der Waals surface area contributed by atoms with Crippen LogP contribution in [0.25, 0.3) is 0 Å². The minimum Gasteiger partial charge on any atom is -0.324 e. The van der Waals surface area contributed by atoms with E-state index in [4.69, 9.17) is 0 Å². The number of allylic oxidation sites excluding steroid dienone is 2. The van der Waals surface area contributed by atoms with Gasteiger partial charge in [0.15, 0.2) is 0 Å². The highest BCUT2D eigenvalue weighted by atomic mass is 16.2. The number of hydrogen-bond donors (Lipinski definition) is 1. The molecular weight excluding hydrogens is 340 g/mol. The molecule has 1 heterocycles. The van der Waals surface area contributed by atoms with E-state index in [1.807, 2.05) is 39.0 Å². The van der Waals surface area contributed by atoms with E-state index in [1.165, 1.54) is 4.90 Å². The van der Waals surface area contributed by atoms with E-state index in [1.54, 1.807) is 0 Å². The number of nitrogens with zero attached hydrogens (tertiary/aromatic N) is 1. The van der Waals surface area contributed by atoms with E-state index in [0.717, 1.165) is 29.7 Å². The number of carbonyl (C=O) groups is 3. The zero-order valence-electron chi connectivity index (χ0n) is 16.1. The lowest BCUT2D eigenvalue weighted by Gasteiger charge is -2.38. The molecule has 2 bridgehead atoms. The van der Waals surface area contributed by atoms with E-state index >= 15 is 0 Å². The third-order valence-corrected chi connectivity index (χ3v) is 6.43. The summed E-state index contributed by atoms with van der Waals surface area (Å²) in [4.78, 5) is 40.4. The van der Waals surface area contributed by atoms with Gasteiger partial charge in [-0.25, -0.2) is 0 Å². The molecule has 1 aliphatic heterocycles. The average Bonchev–Trinajstić information content (AvgIpc) is 2.93. The number of benzene rings is 1. The normalized spacial score (nSPS) is 29.8. The van der Waals surface area contributed by atoms with Crippen molar-refractivity contribution < 1.29 is 14.4 Å². The molecule has 1 aromatic carbocycles. The Bertz CT molecular complexity index is 812. The Hall–Kier alpha value is -2.43. The number of rotatable bonds is 4. The molecule has 0 radical (unpaired) electrons. The largest absolute Gasteiger partial charge is 0.324 e. The highest BCUT2D eigenvalue weighted by Gasteiger charge is 2.58. The monoisotopic (exact) mass is 366 g/mol. The Morgan fingerprint density at radius 3 is 2.19 bits per heavy atom. The number of aryl methyl sites for hydroxylation is 2. The van der Waals surface area contributed by atoms with Crippen LogP contribution in [0.3, 0.4) is 0 Å². The van der Waals surface area contributed by atoms with Crippen molar-refractivity contribution in [2.45, 2.75) is 46.1 Å². The van der Waals surface area contributed by atoms with Crippen LogP contribution in [0.15, 0.2) is 30.4 Å². The lowest BCUT2D eigenvalue weighted by molar-refractivity contribution is -0.146. The molecule has 5 rings (SSSR count). The van der Waals surface area contributed by atoms with Gasteiger partial charge in [0.05, 0.1) is 11.8 Å². The average molecular weight is 366 g/mol. The van der Waals surface area contributed by atoms with Crippen molar-refractivity contribution in [3.63, 3.8) is 0 Å². The first-order valence-electron chi connectivity index (χ1n) is 9.85. The first kappa shape index (κ1) is 18.0. The van der Waals surface area contributed by atoms with Gasteiger partial charge in [-0.15, -0.1) is 0 Å². The van der Waals surface area contributed by atoms with Gasteiger partial charge in [-0.2, -0.15) is 0 Å². The maximum atomic E-state index is 13.1. The van der Waals surface area contributed by atoms with Gasteiger partial charge >= 0.3 is 0 Å². The molecule has 4 aliphatic rings. The number of anilines is 1. The maximum Gasteiger partial charge on any atom is 0.247 e. The van der Waals surface area contributed by atoms with Gasteiger partial charge < -0.3 is 5.32 Å². The van der Waals surface area contributed by atoms with Gasteiger partial charge in [0.2, 0.25) is 17.7 Å². The van der Waals surface area contributed by atoms with Crippen LogP contribution in [0.4, 0.5) is 5.69 Å². The van der Waals surface area contributed by atoms with E-state index in [2.05, 4.69) is 17.5 Å². The van der Waals surface area contributed by atoms with Crippen LogP contribution in [0.5, 0.6) is 0 Å². The van der Waals surface area contributed by atoms with Crippen molar-refractivity contribution in [2.24, 2.45) is 23.7 Å². The first-order valence-corrected chi connectivity index (χ1v) is 9.85. The summed E-state index contributed by atoms with van der Waals surface area (Å²) in [6.07, 6.45) is 6.53. The fourth-order valence-corrected chi connectivity index (χ4v) is 5.06. The van der Waals surface area contributed by atoms with Crippen LogP contribution in [0.2, 0.25) is 0 Å². The predicted molar refractivity (Wildman–Crippen MR) is 103 cm³/mol. The van der Waals surface area contributed by atoms with E-state index < -0.39 is 6.04 Å². The van der Waals surface area contributed by atoms with Crippen LogP contribution < -0.4 is 5.32 Å². The summed E-state index contributed by atoms with van der Waals surface area (Å²) in [5.41, 5.74) is 2.81. The van der Waals surface area contributed by atoms with Crippen molar-refractivity contribution in [3.05, 3.63) is 41.5 Å². The third kappa shape index (κ3) is 2.80. The zero-order chi connectivity index (χ0) is 19.3. The Labute approximate surface area is 159 Å². The number of hydrogen-bond acceptors (Lipinski definition) is 3. The number of fused-ring (bicyclic) bond motifs is 1. The summed E-state index contributed by atoms with van der Waals surface area (Å²) in [5, 5.41) is 2.93. The Morgan fingerprint density at radius 2 is 1.70 bits per heavy atom. The smallest absolute Gasteiger partial charge is 0.247 e. The number of imide groups is 1. The molecule has 1 N–H and O–H groups in total. The van der Waals surface area contributed by atoms with Crippen LogP contribution >= 0.6 is 0 Å². The van der Waals surface area contributed by atoms with Gasteiger partial charge in [-0.05, 0) is 56.6 Å². The van der Waals surface area contributed by atoms with Gasteiger partial charge in [-0.1, -0.05) is 36.8 Å². The van der Waals surface area contributed by atoms with Crippen molar-refractivity contribution in [2.75, 3.05) is 5.32 Å². The molecular formula is C22H26N2O3. The molecule has 1 aromatic rings. The van der Waals surface area contributed by atoms with Crippen LogP contribution in [0, 0.1) is 37.5 Å². The van der Waals surface area contributed by atoms with Crippen molar-refractivity contribution in [3.8, 4) is 0 Å². The Kier molecular flexibility index (Phi) is 4.41. The summed E-state index contributed by atoms with van der Waals surface area (Å²) in [5.74, 6) is -0.875. The second-order valence-corrected chi connectivity index (χ2v) is 8.12. The molecule has 1 saturated heterocycles. The molecule has 0 aromatic heterocycles. The predicted octanol–water partition coefficient (Wildman–Crippen LogP) is 3.22. The Balaban J connectivity index is 1.58. The molecule has 5 heteroatoms. The molecule has 5 nitrogen and oxygen atoms in total. The summed E-state index contributed by atoms with van der Waals surface area (Å²) in [6.45, 7) is 5.79. The van der Waals surface area contributed by atoms with Crippen molar-refractivity contribution in [1.29, 1.82) is 0 Å². The summed E-state index contributed by atoms with van der Waals surface area (Å²) in [6, 6.07) is 5.05. The first-order chi connectivity index (χ1) is 12.9. The van der Waals surface area contributed by atoms with Gasteiger partial charge in [0, 0.05) is 5.69 Å². The summed E-state index contributed by atoms with van der Waals surface area (Å²) >= 11 is 0. The third-order valence-electron chi connectivity index (χ3n) is 6.43. The van der Waals surface area contributed by atoms with Crippen LogP contribution in [-0.4, -0.2) is 28.7 Å². The van der Waals surface area contributed by atoms with Gasteiger partial charge in [0.1, 0.15) is 6.04 Å². The minimum atomic E-state index is -0.754. The van der Waals surface area contributed by atoms with Crippen LogP contribution in [0.1, 0.15) is 37.3 Å². The molecule has 0 spiro atoms. The highest BCUT2D eigenvalue weighted by molar-refractivity contribution is 6.10. The minimum absolute atomic E-state index is 0.140. The molecule has 0 unspecified atom stereocenters. The molecule has 27 heavy (non-hydrogen) atoms. The second kappa shape index (κ2) is 6.63. The quantitative estimate of drug-likeness (QED) is 0.657. The van der Waals surface area contributed by atoms with Crippen molar-refractivity contribution >= 4 is 23.4 Å². The Morgan fingerprint density at radius 1 is 1.11 bits per heavy atom. The highest BCUT2D eigenvalue weighted by Crippen LogP contribution is 2.50. The number of amides is 3. The number of nitrogens with one attached hydrogen (secondary N) is 1. The topological polar surface area (TPSA) is 66.5 Å². The molecule has 142 valence electrons. The molecule has 5 atom stereocenters. The maximum absolute atomic E-state index is 13.1. The lowest BCUT2D eigenvalue weighted by atomic mass is 9.63. The van der Waals surface area contributed by atoms with Gasteiger partial charge in [-0.3, -0.25) is 19.3 Å². The number of carbonyl (C=O) groups excluding carboxylic acids is 3. The SMILES string of the molecule is CC[C@@H](C(=O)Nc1ccc(C)cc1C)N1C(=O)[C@@H]2[C@H](C1=O)[C@H]1C=C[C@H]2CC1. The number of likely N-dealkylation sites (tertiary alicyclic amines) is 1. The standard InChI is InChI=1S/C22H26N2O3/c1-4-17(20(25)23-16-10-5-12(2)11-13(16)3)24-21(26)18-14-6-7-15(9-8-14)19(18)22(24)27/h5-7,10-11,14-15,17-19H,4,8-9H2,1-3H3,(H,23,25)/t14-,15-,17-,18-,19+/m0/s1. The van der Waals surface area contributed by atoms with E-state index in [0.29, 0.717) is 6.42 Å².